The minimum Gasteiger partial charge on any atom is -0.481 e. The van der Waals surface area contributed by atoms with Crippen LogP contribution in [-0.2, 0) is 14.4 Å². The lowest BCUT2D eigenvalue weighted by atomic mass is 10.2. The van der Waals surface area contributed by atoms with Gasteiger partial charge in [-0.15, -0.1) is 0 Å². The zero-order valence-corrected chi connectivity index (χ0v) is 10.2. The number of hydrogen-bond donors (Lipinski definition) is 4. The average Bonchev–Trinajstić information content (AvgIpc) is 2.85. The molecule has 0 aliphatic carbocycles. The summed E-state index contributed by atoms with van der Waals surface area (Å²) in [7, 11) is 0. The van der Waals surface area contributed by atoms with Gasteiger partial charge in [0.25, 0.3) is 0 Å². The van der Waals surface area contributed by atoms with Crippen molar-refractivity contribution in [3.05, 3.63) is 0 Å². The molecule has 0 aromatic heterocycles. The maximum absolute atomic E-state index is 11.5. The molecule has 0 bridgehead atoms. The Balaban J connectivity index is 2.05. The van der Waals surface area contributed by atoms with E-state index in [0.717, 1.165) is 19.4 Å². The number of carboxylic acid groups (broad SMARTS) is 1. The van der Waals surface area contributed by atoms with E-state index in [2.05, 4.69) is 16.0 Å². The first kappa shape index (κ1) is 14.4. The summed E-state index contributed by atoms with van der Waals surface area (Å²) in [6.45, 7) is 1.08. The summed E-state index contributed by atoms with van der Waals surface area (Å²) in [4.78, 5) is 33.1. The topological polar surface area (TPSA) is 108 Å². The lowest BCUT2D eigenvalue weighted by Crippen LogP contribution is -2.44. The number of aliphatic carboxylic acids is 1. The van der Waals surface area contributed by atoms with Crippen molar-refractivity contribution in [2.75, 3.05) is 19.6 Å². The van der Waals surface area contributed by atoms with Gasteiger partial charge in [-0.05, 0) is 25.8 Å². The Hall–Kier alpha value is -1.63. The van der Waals surface area contributed by atoms with E-state index in [4.69, 9.17) is 5.11 Å². The highest BCUT2D eigenvalue weighted by molar-refractivity contribution is 5.87. The first-order valence-electron chi connectivity index (χ1n) is 6.09. The van der Waals surface area contributed by atoms with Crippen LogP contribution in [0.1, 0.15) is 25.7 Å². The number of carbonyl (C=O) groups is 3. The van der Waals surface area contributed by atoms with Crippen LogP contribution in [0, 0.1) is 0 Å². The zero-order valence-electron chi connectivity index (χ0n) is 10.2. The fourth-order valence-corrected chi connectivity index (χ4v) is 1.73. The summed E-state index contributed by atoms with van der Waals surface area (Å²) in [6.07, 6.45) is 2.18. The predicted molar refractivity (Wildman–Crippen MR) is 63.9 cm³/mol. The molecule has 102 valence electrons. The molecule has 1 aliphatic rings. The van der Waals surface area contributed by atoms with Crippen molar-refractivity contribution >= 4 is 17.8 Å². The van der Waals surface area contributed by atoms with E-state index in [0.29, 0.717) is 13.0 Å². The van der Waals surface area contributed by atoms with Gasteiger partial charge in [0.05, 0.1) is 12.6 Å². The van der Waals surface area contributed by atoms with Crippen molar-refractivity contribution in [2.24, 2.45) is 0 Å². The SMILES string of the molecule is O=C(O)CCCNC(=O)CNC(=O)[C@@H]1CCCN1. The number of nitrogens with one attached hydrogen (secondary N) is 3. The molecule has 0 aromatic carbocycles. The monoisotopic (exact) mass is 257 g/mol. The molecule has 0 spiro atoms. The second-order valence-electron chi connectivity index (χ2n) is 4.21. The van der Waals surface area contributed by atoms with Crippen LogP contribution in [0.4, 0.5) is 0 Å². The van der Waals surface area contributed by atoms with Crippen LogP contribution < -0.4 is 16.0 Å². The number of rotatable bonds is 7. The first-order valence-corrected chi connectivity index (χ1v) is 6.09. The standard InChI is InChI=1S/C11H19N3O4/c15-9(13-6-2-4-10(16)17)7-14-11(18)8-3-1-5-12-8/h8,12H,1-7H2,(H,13,15)(H,14,18)(H,16,17)/t8-/m0/s1. The zero-order chi connectivity index (χ0) is 13.4. The highest BCUT2D eigenvalue weighted by atomic mass is 16.4. The molecule has 0 saturated carbocycles. The molecule has 1 rings (SSSR count). The lowest BCUT2D eigenvalue weighted by molar-refractivity contribution is -0.137. The average molecular weight is 257 g/mol. The van der Waals surface area contributed by atoms with E-state index in [1.54, 1.807) is 0 Å². The Bertz CT molecular complexity index is 313. The highest BCUT2D eigenvalue weighted by Crippen LogP contribution is 2.03. The molecule has 1 atom stereocenters. The number of hydrogen-bond acceptors (Lipinski definition) is 4. The molecule has 1 aliphatic heterocycles. The largest absolute Gasteiger partial charge is 0.481 e. The number of carboxylic acids is 1. The summed E-state index contributed by atoms with van der Waals surface area (Å²) >= 11 is 0. The van der Waals surface area contributed by atoms with E-state index in [1.165, 1.54) is 0 Å². The molecule has 7 heteroatoms. The van der Waals surface area contributed by atoms with Crippen molar-refractivity contribution in [1.29, 1.82) is 0 Å². The molecular formula is C11H19N3O4. The van der Waals surface area contributed by atoms with Crippen LogP contribution in [0.25, 0.3) is 0 Å². The molecule has 2 amide bonds. The molecule has 4 N–H and O–H groups in total. The molecule has 0 radical (unpaired) electrons. The van der Waals surface area contributed by atoms with Crippen LogP contribution in [0.3, 0.4) is 0 Å². The van der Waals surface area contributed by atoms with Crippen LogP contribution in [-0.4, -0.2) is 48.6 Å². The predicted octanol–water partition coefficient (Wildman–Crippen LogP) is -1.16. The molecule has 1 heterocycles. The highest BCUT2D eigenvalue weighted by Gasteiger charge is 2.21. The molecule has 0 aromatic rings. The molecule has 1 saturated heterocycles. The second kappa shape index (κ2) is 7.65. The van der Waals surface area contributed by atoms with Gasteiger partial charge in [0.15, 0.2) is 0 Å². The van der Waals surface area contributed by atoms with Crippen LogP contribution in [0.2, 0.25) is 0 Å². The van der Waals surface area contributed by atoms with Crippen LogP contribution in [0.15, 0.2) is 0 Å². The van der Waals surface area contributed by atoms with Gasteiger partial charge in [-0.2, -0.15) is 0 Å². The van der Waals surface area contributed by atoms with E-state index in [9.17, 15) is 14.4 Å². The first-order chi connectivity index (χ1) is 8.59. The minimum absolute atomic E-state index is 0.0264. The van der Waals surface area contributed by atoms with Gasteiger partial charge in [-0.25, -0.2) is 0 Å². The third kappa shape index (κ3) is 5.62. The third-order valence-electron chi connectivity index (χ3n) is 2.69. The van der Waals surface area contributed by atoms with Crippen LogP contribution in [0.5, 0.6) is 0 Å². The van der Waals surface area contributed by atoms with Gasteiger partial charge in [-0.1, -0.05) is 0 Å². The van der Waals surface area contributed by atoms with Crippen molar-refractivity contribution in [2.45, 2.75) is 31.7 Å². The minimum atomic E-state index is -0.884. The molecule has 1 fully saturated rings. The Kier molecular flexibility index (Phi) is 6.13. The van der Waals surface area contributed by atoms with Crippen molar-refractivity contribution in [3.63, 3.8) is 0 Å². The summed E-state index contributed by atoms with van der Waals surface area (Å²) < 4.78 is 0. The summed E-state index contributed by atoms with van der Waals surface area (Å²) in [5, 5.41) is 16.5. The molecular weight excluding hydrogens is 238 g/mol. The van der Waals surface area contributed by atoms with Gasteiger partial charge in [0, 0.05) is 13.0 Å². The van der Waals surface area contributed by atoms with Gasteiger partial charge in [-0.3, -0.25) is 14.4 Å². The normalized spacial score (nSPS) is 18.3. The van der Waals surface area contributed by atoms with E-state index < -0.39 is 5.97 Å². The fourth-order valence-electron chi connectivity index (χ4n) is 1.73. The van der Waals surface area contributed by atoms with Crippen molar-refractivity contribution < 1.29 is 19.5 Å². The Morgan fingerprint density at radius 1 is 1.28 bits per heavy atom. The number of carbonyl (C=O) groups excluding carboxylic acids is 2. The van der Waals surface area contributed by atoms with Gasteiger partial charge >= 0.3 is 5.97 Å². The van der Waals surface area contributed by atoms with Gasteiger partial charge in [0.1, 0.15) is 0 Å². The van der Waals surface area contributed by atoms with Crippen molar-refractivity contribution in [3.8, 4) is 0 Å². The maximum atomic E-state index is 11.5. The summed E-state index contributed by atoms with van der Waals surface area (Å²) in [5.41, 5.74) is 0. The summed E-state index contributed by atoms with van der Waals surface area (Å²) in [6, 6.07) is -0.190. The smallest absolute Gasteiger partial charge is 0.303 e. The molecule has 0 unspecified atom stereocenters. The van der Waals surface area contributed by atoms with Gasteiger partial charge in [0.2, 0.25) is 11.8 Å². The number of amides is 2. The van der Waals surface area contributed by atoms with E-state index >= 15 is 0 Å². The summed E-state index contributed by atoms with van der Waals surface area (Å²) in [5.74, 6) is -1.34. The second-order valence-corrected chi connectivity index (χ2v) is 4.21. The lowest BCUT2D eigenvalue weighted by Gasteiger charge is -2.10. The Morgan fingerprint density at radius 3 is 2.67 bits per heavy atom. The van der Waals surface area contributed by atoms with Gasteiger partial charge < -0.3 is 21.1 Å². The molecule has 7 nitrogen and oxygen atoms in total. The quantitative estimate of drug-likeness (QED) is 0.430. The van der Waals surface area contributed by atoms with Crippen LogP contribution >= 0.6 is 0 Å². The van der Waals surface area contributed by atoms with E-state index in [1.807, 2.05) is 0 Å². The molecule has 18 heavy (non-hydrogen) atoms. The van der Waals surface area contributed by atoms with Crippen molar-refractivity contribution in [1.82, 2.24) is 16.0 Å². The Labute approximate surface area is 105 Å². The fraction of sp³-hybridized carbons (Fsp3) is 0.727. The third-order valence-corrected chi connectivity index (χ3v) is 2.69. The Morgan fingerprint density at radius 2 is 2.06 bits per heavy atom. The maximum Gasteiger partial charge on any atom is 0.303 e. The van der Waals surface area contributed by atoms with E-state index in [-0.39, 0.29) is 30.8 Å².